The zero-order chi connectivity index (χ0) is 75.5. The van der Waals surface area contributed by atoms with E-state index in [-0.39, 0.29) is 0 Å². The highest BCUT2D eigenvalue weighted by Crippen LogP contribution is 1.68. The monoisotopic (exact) mass is 1270 g/mol. The predicted octanol–water partition coefficient (Wildman–Crippen LogP) is 0.426. The Balaban J connectivity index is 4.64. The Kier molecular flexibility index (Phi) is 63.7. The normalized spacial score (nSPS) is 3.94. The first-order valence-corrected chi connectivity index (χ1v) is 26.3. The minimum Gasteiger partial charge on any atom is -0.106 e. The maximum absolute atomic E-state index is 4.95. The minimum atomic E-state index is 2.12. The fourth-order valence-corrected chi connectivity index (χ4v) is 3.20. The van der Waals surface area contributed by atoms with Crippen molar-refractivity contribution in [1.29, 1.82) is 0 Å². The second kappa shape index (κ2) is 81.7. The lowest BCUT2D eigenvalue weighted by Gasteiger charge is -1.58. The molecule has 0 aliphatic carbocycles. The highest BCUT2D eigenvalue weighted by molar-refractivity contribution is 5.56. The van der Waals surface area contributed by atoms with Crippen molar-refractivity contribution in [2.45, 2.75) is 0 Å². The molecule has 0 atom stereocenters. The van der Waals surface area contributed by atoms with Gasteiger partial charge in [0, 0.05) is 521 Å². The molecule has 426 valence electrons. The molecule has 0 bridgehead atoms. The van der Waals surface area contributed by atoms with Gasteiger partial charge in [0.1, 0.15) is 0 Å². The van der Waals surface area contributed by atoms with Crippen LogP contribution in [0.3, 0.4) is 0 Å². The number of rotatable bonds is 0. The third kappa shape index (κ3) is 80.7. The summed E-state index contributed by atoms with van der Waals surface area (Å²) in [6.07, 6.45) is 9.91. The van der Waals surface area contributed by atoms with Crippen LogP contribution in [0, 0.1) is 629 Å². The number of terminal acetylenes is 2. The summed E-state index contributed by atoms with van der Waals surface area (Å²) in [6.45, 7) is 0. The molecule has 0 amide bonds. The molecule has 0 nitrogen and oxygen atoms in total. The van der Waals surface area contributed by atoms with E-state index in [9.17, 15) is 0 Å². The van der Waals surface area contributed by atoms with E-state index in [1.165, 1.54) is 0 Å². The smallest absolute Gasteiger partial charge is 0 e. The molecule has 0 aliphatic heterocycles. The van der Waals surface area contributed by atoms with E-state index in [1.54, 1.807) is 0 Å². The standard InChI is InChI=1S/C106H2/c1-3-5-7-9-11-13-15-17-19-21-23-25-27-29-31-33-35-37-39-41-43-45-47-49-51-53-55-57-59-61-63-65-67-69-71-73-75-77-79-81-83-85-87-89-91-93-95-97-99-101-103-105-106-104-102-100-98-96-94-92-90-88-86-84-82-80-78-76-74-72-70-68-66-64-62-60-58-56-54-52-50-48-46-44-42-40-38-36-34-32-30-28-26-24-22-20-18-16-14-12-10-8-6-4-2/h1-2H. The van der Waals surface area contributed by atoms with Crippen LogP contribution >= 0.6 is 0 Å². The van der Waals surface area contributed by atoms with Gasteiger partial charge in [0.05, 0.1) is 0 Å². The van der Waals surface area contributed by atoms with Crippen LogP contribution in [0.2, 0.25) is 0 Å². The lowest BCUT2D eigenvalue weighted by molar-refractivity contribution is 2.31. The molecule has 0 aliphatic rings. The van der Waals surface area contributed by atoms with Crippen molar-refractivity contribution in [3.8, 4) is 629 Å². The Morgan fingerprint density at radius 3 is 0.104 bits per heavy atom. The van der Waals surface area contributed by atoms with Gasteiger partial charge in [-0.2, -0.15) is 0 Å². The zero-order valence-corrected chi connectivity index (χ0v) is 53.2. The van der Waals surface area contributed by atoms with E-state index in [1.807, 2.05) is 0 Å². The second-order valence-electron chi connectivity index (χ2n) is 13.0. The molecule has 0 fully saturated rings. The van der Waals surface area contributed by atoms with Crippen LogP contribution in [-0.2, 0) is 0 Å². The summed E-state index contributed by atoms with van der Waals surface area (Å²) in [4.78, 5) is 0. The summed E-state index contributed by atoms with van der Waals surface area (Å²) in [6, 6.07) is 0. The van der Waals surface area contributed by atoms with Gasteiger partial charge in [0.25, 0.3) is 0 Å². The van der Waals surface area contributed by atoms with Crippen LogP contribution < -0.4 is 0 Å². The van der Waals surface area contributed by atoms with Gasteiger partial charge in [-0.3, -0.25) is 0 Å². The molecule has 0 rings (SSSR count). The zero-order valence-electron chi connectivity index (χ0n) is 53.2. The lowest BCUT2D eigenvalue weighted by Crippen LogP contribution is -1.57. The molecule has 0 radical (unpaired) electrons. The van der Waals surface area contributed by atoms with Crippen molar-refractivity contribution >= 4 is 0 Å². The predicted molar refractivity (Wildman–Crippen MR) is 414 cm³/mol. The van der Waals surface area contributed by atoms with Crippen molar-refractivity contribution in [3.05, 3.63) is 0 Å². The molecular formula is C106H2. The van der Waals surface area contributed by atoms with E-state index in [0.29, 0.717) is 0 Å². The fourth-order valence-electron chi connectivity index (χ4n) is 3.20. The molecule has 0 N–H and O–H groups in total. The third-order valence-corrected chi connectivity index (χ3v) is 6.46. The van der Waals surface area contributed by atoms with E-state index in [0.717, 1.165) is 0 Å². The van der Waals surface area contributed by atoms with E-state index >= 15 is 0 Å². The van der Waals surface area contributed by atoms with Crippen LogP contribution in [0.15, 0.2) is 0 Å². The Morgan fingerprint density at radius 1 is 0.0472 bits per heavy atom. The van der Waals surface area contributed by atoms with Gasteiger partial charge in [-0.15, -0.1) is 12.8 Å². The van der Waals surface area contributed by atoms with E-state index in [2.05, 4.69) is 616 Å². The second-order valence-corrected chi connectivity index (χ2v) is 13.0. The minimum absolute atomic E-state index is 2.12. The quantitative estimate of drug-likeness (QED) is 0.310. The van der Waals surface area contributed by atoms with Gasteiger partial charge in [-0.05, 0) is 94.7 Å². The largest absolute Gasteiger partial charge is 0.106 e. The first-order valence-electron chi connectivity index (χ1n) is 26.3. The van der Waals surface area contributed by atoms with Gasteiger partial charge < -0.3 is 0 Å². The van der Waals surface area contributed by atoms with Crippen molar-refractivity contribution in [3.63, 3.8) is 0 Å². The molecule has 0 heterocycles. The Labute approximate surface area is 624 Å². The summed E-state index contributed by atoms with van der Waals surface area (Å²) in [7, 11) is 0. The topological polar surface area (TPSA) is 0 Å². The maximum Gasteiger partial charge on any atom is 0 e. The summed E-state index contributed by atoms with van der Waals surface area (Å²) < 4.78 is 0. The van der Waals surface area contributed by atoms with E-state index < -0.39 is 0 Å². The highest BCUT2D eigenvalue weighted by atomic mass is 13.7. The first kappa shape index (κ1) is 82.7. The average molecular weight is 1280 g/mol. The fraction of sp³-hybridized carbons (Fsp3) is 0. The van der Waals surface area contributed by atoms with Crippen LogP contribution in [0.1, 0.15) is 0 Å². The van der Waals surface area contributed by atoms with Gasteiger partial charge in [0.15, 0.2) is 0 Å². The molecule has 0 saturated carbocycles. The molecule has 0 spiro atoms. The molecule has 0 aromatic rings. The van der Waals surface area contributed by atoms with Gasteiger partial charge in [0.2, 0.25) is 0 Å². The van der Waals surface area contributed by atoms with Crippen LogP contribution in [-0.4, -0.2) is 0 Å². The molecule has 0 aromatic heterocycles. The van der Waals surface area contributed by atoms with Crippen molar-refractivity contribution in [2.75, 3.05) is 0 Å². The van der Waals surface area contributed by atoms with Crippen molar-refractivity contribution < 1.29 is 0 Å². The van der Waals surface area contributed by atoms with Crippen LogP contribution in [0.4, 0.5) is 0 Å². The highest BCUT2D eigenvalue weighted by Gasteiger charge is 1.68. The maximum atomic E-state index is 4.95. The molecule has 0 aromatic carbocycles. The third-order valence-electron chi connectivity index (χ3n) is 6.46. The molecule has 0 saturated heterocycles. The molecule has 106 heavy (non-hydrogen) atoms. The lowest BCUT2D eigenvalue weighted by atomic mass is 10.4. The van der Waals surface area contributed by atoms with Crippen molar-refractivity contribution in [2.24, 2.45) is 0 Å². The van der Waals surface area contributed by atoms with Gasteiger partial charge in [-0.1, -0.05) is 0 Å². The summed E-state index contributed by atoms with van der Waals surface area (Å²) in [5.41, 5.74) is 0. The Bertz CT molecular complexity index is 7110. The number of hydrogen-bond donors (Lipinski definition) is 0. The first-order chi connectivity index (χ1) is 52.9. The van der Waals surface area contributed by atoms with Crippen LogP contribution in [0.25, 0.3) is 0 Å². The average Bonchev–Trinajstić information content (AvgIpc) is 3.85. The summed E-state index contributed by atoms with van der Waals surface area (Å²) >= 11 is 0. The van der Waals surface area contributed by atoms with E-state index in [4.69, 9.17) is 12.8 Å². The molecular weight excluding hydrogens is 1270 g/mol. The Hall–Kier alpha value is -23.3. The summed E-state index contributed by atoms with van der Waals surface area (Å²) in [5, 5.41) is 0. The summed E-state index contributed by atoms with van der Waals surface area (Å²) in [5.74, 6) is 258. The van der Waals surface area contributed by atoms with Gasteiger partial charge in [-0.25, -0.2) is 0 Å². The number of hydrogen-bond acceptors (Lipinski definition) is 0. The SMILES string of the molecule is C#CC#CC#CC#CC#CC#CC#CC#CC#CC#CC#CC#CC#CC#CC#CC#CC#CC#CC#CC#CC#CC#CC#CC#CC#CC#CC#CC#CC#CC#CC#CC#CC#CC#CC#CC#CC#CC#CC#CC#CC#CC#CC#CC#CC#CC#CC#CC#CC#CC#CC#CC#CC#C. The Morgan fingerprint density at radius 2 is 0.0755 bits per heavy atom. The molecule has 0 heteroatoms. The molecule has 0 unspecified atom stereocenters. The van der Waals surface area contributed by atoms with Crippen molar-refractivity contribution in [1.82, 2.24) is 0 Å². The van der Waals surface area contributed by atoms with Gasteiger partial charge >= 0.3 is 0 Å². The van der Waals surface area contributed by atoms with Crippen LogP contribution in [0.5, 0.6) is 0 Å².